The third kappa shape index (κ3) is 3.32. The molecule has 1 aliphatic carbocycles. The molecule has 0 amide bonds. The second-order valence-corrected chi connectivity index (χ2v) is 5.57. The minimum atomic E-state index is 0.0546. The number of halogens is 1. The van der Waals surface area contributed by atoms with Crippen LogP contribution in [0.4, 0.5) is 0 Å². The van der Waals surface area contributed by atoms with Crippen LogP contribution in [0.3, 0.4) is 0 Å². The molecule has 1 fully saturated rings. The lowest BCUT2D eigenvalue weighted by atomic mass is 10.1. The highest BCUT2D eigenvalue weighted by molar-refractivity contribution is 9.10. The zero-order valence-corrected chi connectivity index (χ0v) is 11.6. The first kappa shape index (κ1) is 12.6. The molecule has 1 saturated carbocycles. The van der Waals surface area contributed by atoms with Crippen molar-refractivity contribution >= 4 is 21.7 Å². The van der Waals surface area contributed by atoms with E-state index in [0.29, 0.717) is 17.2 Å². The molecule has 92 valence electrons. The lowest BCUT2D eigenvalue weighted by Gasteiger charge is -2.13. The quantitative estimate of drug-likeness (QED) is 0.778. The fourth-order valence-corrected chi connectivity index (χ4v) is 2.63. The molecule has 0 aromatic heterocycles. The van der Waals surface area contributed by atoms with Crippen LogP contribution >= 0.6 is 15.9 Å². The molecule has 1 aromatic rings. The Morgan fingerprint density at radius 1 is 1.41 bits per heavy atom. The molecule has 3 heteroatoms. The monoisotopic (exact) mass is 296 g/mol. The third-order valence-electron chi connectivity index (χ3n) is 3.27. The first-order chi connectivity index (χ1) is 8.16. The molecule has 1 aliphatic rings. The van der Waals surface area contributed by atoms with Gasteiger partial charge >= 0.3 is 0 Å². The molecule has 0 spiro atoms. The van der Waals surface area contributed by atoms with Crippen LogP contribution < -0.4 is 4.74 Å². The van der Waals surface area contributed by atoms with Gasteiger partial charge in [-0.2, -0.15) is 0 Å². The number of carbonyl (C=O) groups excluding carboxylic acids is 1. The second-order valence-electron chi connectivity index (χ2n) is 4.66. The Morgan fingerprint density at radius 2 is 2.12 bits per heavy atom. The Bertz CT molecular complexity index is 409. The van der Waals surface area contributed by atoms with Gasteiger partial charge in [-0.25, -0.2) is 0 Å². The van der Waals surface area contributed by atoms with Gasteiger partial charge in [-0.1, -0.05) is 28.8 Å². The van der Waals surface area contributed by atoms with Crippen molar-refractivity contribution < 1.29 is 9.53 Å². The summed E-state index contributed by atoms with van der Waals surface area (Å²) in [6.45, 7) is 2.31. The number of hydrogen-bond donors (Lipinski definition) is 0. The maximum Gasteiger partial charge on any atom is 0.163 e. The Hall–Kier alpha value is -0.830. The second kappa shape index (κ2) is 5.67. The molecular formula is C14H17BrO2. The molecule has 0 unspecified atom stereocenters. The van der Waals surface area contributed by atoms with E-state index >= 15 is 0 Å². The molecule has 2 rings (SSSR count). The van der Waals surface area contributed by atoms with E-state index in [1.165, 1.54) is 25.7 Å². The van der Waals surface area contributed by atoms with Crippen molar-refractivity contribution in [3.63, 3.8) is 0 Å². The van der Waals surface area contributed by atoms with E-state index in [1.54, 1.807) is 6.92 Å². The predicted molar refractivity (Wildman–Crippen MR) is 71.6 cm³/mol. The van der Waals surface area contributed by atoms with Crippen molar-refractivity contribution in [2.24, 2.45) is 5.92 Å². The minimum absolute atomic E-state index is 0.0546. The van der Waals surface area contributed by atoms with Gasteiger partial charge in [0.25, 0.3) is 0 Å². The van der Waals surface area contributed by atoms with Crippen LogP contribution in [0.2, 0.25) is 0 Å². The summed E-state index contributed by atoms with van der Waals surface area (Å²) in [5, 5.41) is 0. The summed E-state index contributed by atoms with van der Waals surface area (Å²) in [7, 11) is 0. The number of ketones is 1. The average Bonchev–Trinajstić information content (AvgIpc) is 2.78. The van der Waals surface area contributed by atoms with Gasteiger partial charge in [-0.15, -0.1) is 0 Å². The van der Waals surface area contributed by atoms with Gasteiger partial charge in [0.1, 0.15) is 5.75 Å². The van der Waals surface area contributed by atoms with Crippen LogP contribution in [0.5, 0.6) is 5.75 Å². The van der Waals surface area contributed by atoms with Crippen LogP contribution in [0, 0.1) is 5.92 Å². The van der Waals surface area contributed by atoms with Crippen molar-refractivity contribution in [3.05, 3.63) is 28.2 Å². The maximum absolute atomic E-state index is 11.5. The van der Waals surface area contributed by atoms with Crippen LogP contribution in [0.1, 0.15) is 43.0 Å². The molecule has 0 heterocycles. The lowest BCUT2D eigenvalue weighted by molar-refractivity contribution is 0.101. The summed E-state index contributed by atoms with van der Waals surface area (Å²) < 4.78 is 6.76. The molecule has 0 bridgehead atoms. The van der Waals surface area contributed by atoms with Crippen molar-refractivity contribution in [1.82, 2.24) is 0 Å². The summed E-state index contributed by atoms with van der Waals surface area (Å²) in [6.07, 6.45) is 5.13. The fraction of sp³-hybridized carbons (Fsp3) is 0.500. The summed E-state index contributed by atoms with van der Waals surface area (Å²) >= 11 is 3.41. The highest BCUT2D eigenvalue weighted by atomic mass is 79.9. The zero-order chi connectivity index (χ0) is 12.3. The number of ether oxygens (including phenoxy) is 1. The van der Waals surface area contributed by atoms with Gasteiger partial charge in [-0.05, 0) is 43.9 Å². The summed E-state index contributed by atoms with van der Waals surface area (Å²) in [5.41, 5.74) is 0.672. The highest BCUT2D eigenvalue weighted by Crippen LogP contribution is 2.28. The highest BCUT2D eigenvalue weighted by Gasteiger charge is 2.17. The number of rotatable bonds is 4. The van der Waals surface area contributed by atoms with E-state index in [0.717, 1.165) is 11.1 Å². The molecule has 2 nitrogen and oxygen atoms in total. The Kier molecular flexibility index (Phi) is 4.21. The smallest absolute Gasteiger partial charge is 0.163 e. The SMILES string of the molecule is CC(=O)c1ccc(Br)cc1OCC1CCCC1. The van der Waals surface area contributed by atoms with Gasteiger partial charge in [0.2, 0.25) is 0 Å². The van der Waals surface area contributed by atoms with E-state index in [4.69, 9.17) is 4.74 Å². The molecule has 0 saturated heterocycles. The van der Waals surface area contributed by atoms with E-state index in [1.807, 2.05) is 18.2 Å². The van der Waals surface area contributed by atoms with Crippen molar-refractivity contribution in [3.8, 4) is 5.75 Å². The maximum atomic E-state index is 11.5. The van der Waals surface area contributed by atoms with Gasteiger partial charge in [0.05, 0.1) is 12.2 Å². The summed E-state index contributed by atoms with van der Waals surface area (Å²) in [5.74, 6) is 1.42. The Balaban J connectivity index is 2.07. The van der Waals surface area contributed by atoms with Crippen molar-refractivity contribution in [1.29, 1.82) is 0 Å². The number of benzene rings is 1. The van der Waals surface area contributed by atoms with Crippen LogP contribution in [-0.2, 0) is 0 Å². The van der Waals surface area contributed by atoms with E-state index in [2.05, 4.69) is 15.9 Å². The Labute approximate surface area is 110 Å². The lowest BCUT2D eigenvalue weighted by Crippen LogP contribution is -2.10. The van der Waals surface area contributed by atoms with Crippen molar-refractivity contribution in [2.45, 2.75) is 32.6 Å². The van der Waals surface area contributed by atoms with Gasteiger partial charge < -0.3 is 4.74 Å². The number of Topliss-reactive ketones (excluding diaryl/α,β-unsaturated/α-hetero) is 1. The fourth-order valence-electron chi connectivity index (χ4n) is 2.29. The Morgan fingerprint density at radius 3 is 2.76 bits per heavy atom. The molecule has 17 heavy (non-hydrogen) atoms. The standard InChI is InChI=1S/C14H17BrO2/c1-10(16)13-7-6-12(15)8-14(13)17-9-11-4-2-3-5-11/h6-8,11H,2-5,9H2,1H3. The summed E-state index contributed by atoms with van der Waals surface area (Å²) in [6, 6.07) is 5.57. The zero-order valence-electron chi connectivity index (χ0n) is 10.0. The molecule has 0 radical (unpaired) electrons. The van der Waals surface area contributed by atoms with Crippen LogP contribution in [0.25, 0.3) is 0 Å². The van der Waals surface area contributed by atoms with E-state index in [9.17, 15) is 4.79 Å². The van der Waals surface area contributed by atoms with E-state index < -0.39 is 0 Å². The first-order valence-corrected chi connectivity index (χ1v) is 6.89. The van der Waals surface area contributed by atoms with Crippen molar-refractivity contribution in [2.75, 3.05) is 6.61 Å². The third-order valence-corrected chi connectivity index (χ3v) is 3.77. The van der Waals surface area contributed by atoms with Gasteiger partial charge in [-0.3, -0.25) is 4.79 Å². The van der Waals surface area contributed by atoms with Crippen LogP contribution in [-0.4, -0.2) is 12.4 Å². The molecule has 0 N–H and O–H groups in total. The minimum Gasteiger partial charge on any atom is -0.493 e. The largest absolute Gasteiger partial charge is 0.493 e. The normalized spacial score (nSPS) is 16.1. The van der Waals surface area contributed by atoms with E-state index in [-0.39, 0.29) is 5.78 Å². The molecule has 0 atom stereocenters. The topological polar surface area (TPSA) is 26.3 Å². The first-order valence-electron chi connectivity index (χ1n) is 6.10. The van der Waals surface area contributed by atoms with Gasteiger partial charge in [0.15, 0.2) is 5.78 Å². The molecular weight excluding hydrogens is 280 g/mol. The molecule has 1 aromatic carbocycles. The number of carbonyl (C=O) groups is 1. The summed E-state index contributed by atoms with van der Waals surface area (Å²) in [4.78, 5) is 11.5. The predicted octanol–water partition coefficient (Wildman–Crippen LogP) is 4.22. The number of hydrogen-bond acceptors (Lipinski definition) is 2. The molecule has 0 aliphatic heterocycles. The average molecular weight is 297 g/mol. The van der Waals surface area contributed by atoms with Crippen LogP contribution in [0.15, 0.2) is 22.7 Å². The van der Waals surface area contributed by atoms with Gasteiger partial charge in [0, 0.05) is 4.47 Å².